The van der Waals surface area contributed by atoms with Crippen LogP contribution in [0.2, 0.25) is 5.02 Å². The SMILES string of the molecule is Cc1ccncc1CNC(=O)c1nn(-c2cccc(Cl)c2)c2c1CCN(c1ccc3c(c1)C(=O)N(C)CC3)C2=O. The van der Waals surface area contributed by atoms with Gasteiger partial charge < -0.3 is 15.1 Å². The third-order valence-corrected chi connectivity index (χ3v) is 7.81. The highest BCUT2D eigenvalue weighted by Crippen LogP contribution is 2.31. The molecule has 0 unspecified atom stereocenters. The normalized spacial score (nSPS) is 14.7. The molecule has 2 aliphatic rings. The van der Waals surface area contributed by atoms with Crippen LogP contribution in [0.4, 0.5) is 5.69 Å². The molecular formula is C30H27ClN6O3. The van der Waals surface area contributed by atoms with Gasteiger partial charge in [-0.1, -0.05) is 23.7 Å². The zero-order chi connectivity index (χ0) is 28.0. The predicted octanol–water partition coefficient (Wildman–Crippen LogP) is 3.99. The number of benzene rings is 2. The maximum absolute atomic E-state index is 14.1. The van der Waals surface area contributed by atoms with E-state index in [9.17, 15) is 14.4 Å². The first kappa shape index (κ1) is 25.8. The minimum Gasteiger partial charge on any atom is -0.346 e. The molecule has 0 saturated heterocycles. The second-order valence-electron chi connectivity index (χ2n) is 10.1. The van der Waals surface area contributed by atoms with Crippen LogP contribution in [0.15, 0.2) is 60.9 Å². The number of carbonyl (C=O) groups excluding carboxylic acids is 3. The van der Waals surface area contributed by atoms with E-state index in [-0.39, 0.29) is 30.0 Å². The maximum atomic E-state index is 14.1. The first-order valence-electron chi connectivity index (χ1n) is 13.1. The summed E-state index contributed by atoms with van der Waals surface area (Å²) in [5.41, 5.74) is 5.79. The number of nitrogens with one attached hydrogen (secondary N) is 1. The average Bonchev–Trinajstić information content (AvgIpc) is 3.35. The lowest BCUT2D eigenvalue weighted by atomic mass is 9.97. The van der Waals surface area contributed by atoms with Gasteiger partial charge in [-0.05, 0) is 72.9 Å². The second-order valence-corrected chi connectivity index (χ2v) is 10.5. The second kappa shape index (κ2) is 10.2. The molecule has 3 amide bonds. The van der Waals surface area contributed by atoms with Crippen LogP contribution in [0, 0.1) is 6.92 Å². The fourth-order valence-corrected chi connectivity index (χ4v) is 5.45. The van der Waals surface area contributed by atoms with E-state index in [0.717, 1.165) is 23.1 Å². The van der Waals surface area contributed by atoms with Gasteiger partial charge in [-0.3, -0.25) is 19.4 Å². The van der Waals surface area contributed by atoms with Gasteiger partial charge in [0.25, 0.3) is 17.7 Å². The molecule has 1 N–H and O–H groups in total. The molecule has 0 saturated carbocycles. The molecule has 0 radical (unpaired) electrons. The van der Waals surface area contributed by atoms with Gasteiger partial charge >= 0.3 is 0 Å². The molecule has 2 aromatic carbocycles. The van der Waals surface area contributed by atoms with Crippen molar-refractivity contribution in [1.82, 2.24) is 25.0 Å². The lowest BCUT2D eigenvalue weighted by molar-refractivity contribution is 0.0780. The number of rotatable bonds is 5. The van der Waals surface area contributed by atoms with Gasteiger partial charge in [-0.15, -0.1) is 0 Å². The summed E-state index contributed by atoms with van der Waals surface area (Å²) < 4.78 is 1.50. The van der Waals surface area contributed by atoms with E-state index in [1.165, 1.54) is 4.68 Å². The molecule has 0 atom stereocenters. The van der Waals surface area contributed by atoms with E-state index in [4.69, 9.17) is 11.6 Å². The Morgan fingerprint density at radius 1 is 1.02 bits per heavy atom. The summed E-state index contributed by atoms with van der Waals surface area (Å²) in [6, 6.07) is 14.5. The van der Waals surface area contributed by atoms with Crippen LogP contribution in [0.5, 0.6) is 0 Å². The predicted molar refractivity (Wildman–Crippen MR) is 151 cm³/mol. The van der Waals surface area contributed by atoms with Gasteiger partial charge in [0.1, 0.15) is 5.69 Å². The van der Waals surface area contributed by atoms with Gasteiger partial charge in [-0.25, -0.2) is 4.68 Å². The van der Waals surface area contributed by atoms with Crippen molar-refractivity contribution in [2.24, 2.45) is 0 Å². The number of hydrogen-bond donors (Lipinski definition) is 1. The number of aryl methyl sites for hydroxylation is 1. The van der Waals surface area contributed by atoms with Gasteiger partial charge in [0.05, 0.1) is 5.69 Å². The Balaban J connectivity index is 1.38. The largest absolute Gasteiger partial charge is 0.346 e. The Bertz CT molecular complexity index is 1680. The molecule has 2 aromatic heterocycles. The molecule has 40 heavy (non-hydrogen) atoms. The molecule has 4 aromatic rings. The number of carbonyl (C=O) groups is 3. The summed E-state index contributed by atoms with van der Waals surface area (Å²) >= 11 is 6.28. The molecule has 0 aliphatic carbocycles. The molecule has 0 fully saturated rings. The molecule has 0 spiro atoms. The lowest BCUT2D eigenvalue weighted by Crippen LogP contribution is -2.40. The number of aromatic nitrogens is 3. The zero-order valence-corrected chi connectivity index (χ0v) is 22.9. The smallest absolute Gasteiger partial charge is 0.277 e. The van der Waals surface area contributed by atoms with E-state index in [1.54, 1.807) is 59.6 Å². The molecule has 10 heteroatoms. The van der Waals surface area contributed by atoms with Crippen molar-refractivity contribution in [3.05, 3.63) is 105 Å². The highest BCUT2D eigenvalue weighted by molar-refractivity contribution is 6.30. The topological polar surface area (TPSA) is 100 Å². The summed E-state index contributed by atoms with van der Waals surface area (Å²) in [7, 11) is 1.78. The van der Waals surface area contributed by atoms with E-state index < -0.39 is 0 Å². The van der Waals surface area contributed by atoms with Crippen molar-refractivity contribution >= 4 is 35.0 Å². The number of halogens is 1. The average molecular weight is 555 g/mol. The number of amides is 3. The molecule has 0 bridgehead atoms. The van der Waals surface area contributed by atoms with E-state index in [1.807, 2.05) is 25.1 Å². The number of hydrogen-bond acceptors (Lipinski definition) is 5. The zero-order valence-electron chi connectivity index (χ0n) is 22.1. The summed E-state index contributed by atoms with van der Waals surface area (Å²) in [6.07, 6.45) is 4.62. The number of likely N-dealkylation sites (N-methyl/N-ethyl adjacent to an activating group) is 1. The van der Waals surface area contributed by atoms with Gasteiger partial charge in [0, 0.05) is 60.9 Å². The fourth-order valence-electron chi connectivity index (χ4n) is 5.27. The Labute approximate surface area is 236 Å². The van der Waals surface area contributed by atoms with Gasteiger partial charge in [0.2, 0.25) is 0 Å². The van der Waals surface area contributed by atoms with Crippen LogP contribution < -0.4 is 10.2 Å². The first-order chi connectivity index (χ1) is 19.3. The Morgan fingerprint density at radius 2 is 1.88 bits per heavy atom. The third kappa shape index (κ3) is 4.52. The van der Waals surface area contributed by atoms with Crippen LogP contribution >= 0.6 is 11.6 Å². The standard InChI is InChI=1S/C30H27ClN6O3/c1-18-8-11-32-16-20(18)17-33-28(38)26-24-10-13-36(22-7-6-19-9-12-35(2)29(39)25(19)15-22)30(40)27(24)37(34-26)23-5-3-4-21(31)14-23/h3-8,11,14-16H,9-10,12-13,17H2,1-2H3,(H,33,38). The number of pyridine rings is 1. The van der Waals surface area contributed by atoms with Crippen molar-refractivity contribution in [2.45, 2.75) is 26.3 Å². The number of fused-ring (bicyclic) bond motifs is 2. The fraction of sp³-hybridized carbons (Fsp3) is 0.233. The third-order valence-electron chi connectivity index (χ3n) is 7.57. The van der Waals surface area contributed by atoms with Gasteiger partial charge in [-0.2, -0.15) is 5.10 Å². The van der Waals surface area contributed by atoms with Crippen LogP contribution in [0.3, 0.4) is 0 Å². The minimum atomic E-state index is -0.371. The minimum absolute atomic E-state index is 0.0555. The Hall–Kier alpha value is -4.50. The number of nitrogens with zero attached hydrogens (tertiary/aromatic N) is 5. The van der Waals surface area contributed by atoms with Crippen molar-refractivity contribution < 1.29 is 14.4 Å². The highest BCUT2D eigenvalue weighted by Gasteiger charge is 2.36. The van der Waals surface area contributed by atoms with Crippen LogP contribution in [-0.4, -0.2) is 57.5 Å². The Morgan fingerprint density at radius 3 is 2.67 bits per heavy atom. The van der Waals surface area contributed by atoms with Crippen molar-refractivity contribution in [1.29, 1.82) is 0 Å². The van der Waals surface area contributed by atoms with Crippen molar-refractivity contribution in [3.63, 3.8) is 0 Å². The van der Waals surface area contributed by atoms with E-state index in [2.05, 4.69) is 15.4 Å². The Kier molecular flexibility index (Phi) is 6.59. The van der Waals surface area contributed by atoms with Crippen LogP contribution in [-0.2, 0) is 19.4 Å². The molecular weight excluding hydrogens is 528 g/mol. The van der Waals surface area contributed by atoms with Crippen LogP contribution in [0.25, 0.3) is 5.69 Å². The van der Waals surface area contributed by atoms with E-state index in [0.29, 0.717) is 52.7 Å². The van der Waals surface area contributed by atoms with Crippen molar-refractivity contribution in [3.8, 4) is 5.69 Å². The highest BCUT2D eigenvalue weighted by atomic mass is 35.5. The lowest BCUT2D eigenvalue weighted by Gasteiger charge is -2.30. The quantitative estimate of drug-likeness (QED) is 0.402. The molecule has 202 valence electrons. The summed E-state index contributed by atoms with van der Waals surface area (Å²) in [5.74, 6) is -0.726. The summed E-state index contributed by atoms with van der Waals surface area (Å²) in [6.45, 7) is 3.26. The molecule has 9 nitrogen and oxygen atoms in total. The van der Waals surface area contributed by atoms with Crippen LogP contribution in [0.1, 0.15) is 53.6 Å². The molecule has 4 heterocycles. The number of anilines is 1. The summed E-state index contributed by atoms with van der Waals surface area (Å²) in [5, 5.41) is 8.05. The molecule has 6 rings (SSSR count). The monoisotopic (exact) mass is 554 g/mol. The van der Waals surface area contributed by atoms with Gasteiger partial charge in [0.15, 0.2) is 5.69 Å². The summed E-state index contributed by atoms with van der Waals surface area (Å²) in [4.78, 5) is 47.8. The van der Waals surface area contributed by atoms with E-state index >= 15 is 0 Å². The molecule has 2 aliphatic heterocycles. The maximum Gasteiger partial charge on any atom is 0.277 e. The first-order valence-corrected chi connectivity index (χ1v) is 13.5. The van der Waals surface area contributed by atoms with Crippen molar-refractivity contribution in [2.75, 3.05) is 25.0 Å².